The van der Waals surface area contributed by atoms with E-state index in [-0.39, 0.29) is 0 Å². The van der Waals surface area contributed by atoms with Gasteiger partial charge in [0.15, 0.2) is 0 Å². The summed E-state index contributed by atoms with van der Waals surface area (Å²) in [5.41, 5.74) is 0.329. The zero-order chi connectivity index (χ0) is 12.1. The van der Waals surface area contributed by atoms with Crippen molar-refractivity contribution < 1.29 is 0 Å². The van der Waals surface area contributed by atoms with E-state index >= 15 is 0 Å². The molecular weight excluding hydrogens is 184 g/mol. The molecule has 0 bridgehead atoms. The molecule has 0 aromatic carbocycles. The molecule has 0 aliphatic carbocycles. The molecule has 0 amide bonds. The van der Waals surface area contributed by atoms with Crippen LogP contribution in [0.1, 0.15) is 48.0 Å². The van der Waals surface area contributed by atoms with Crippen LogP contribution in [0.4, 0.5) is 0 Å². The van der Waals surface area contributed by atoms with E-state index in [1.54, 1.807) is 0 Å². The van der Waals surface area contributed by atoms with Crippen LogP contribution in [-0.4, -0.2) is 37.1 Å². The van der Waals surface area contributed by atoms with Gasteiger partial charge in [-0.25, -0.2) is 0 Å². The van der Waals surface area contributed by atoms with E-state index < -0.39 is 0 Å². The van der Waals surface area contributed by atoms with Crippen molar-refractivity contribution >= 4 is 0 Å². The van der Waals surface area contributed by atoms with Gasteiger partial charge in [-0.1, -0.05) is 34.6 Å². The van der Waals surface area contributed by atoms with Crippen LogP contribution in [0.2, 0.25) is 0 Å². The van der Waals surface area contributed by atoms with Crippen molar-refractivity contribution in [3.8, 4) is 0 Å². The molecule has 0 aliphatic rings. The van der Waals surface area contributed by atoms with Crippen molar-refractivity contribution in [3.05, 3.63) is 0 Å². The lowest BCUT2D eigenvalue weighted by Gasteiger charge is -2.37. The first-order valence-electron chi connectivity index (χ1n) is 6.28. The minimum atomic E-state index is 0.329. The molecule has 0 aromatic heterocycles. The highest BCUT2D eigenvalue weighted by Gasteiger charge is 2.25. The first-order valence-corrected chi connectivity index (χ1v) is 6.28. The van der Waals surface area contributed by atoms with Crippen LogP contribution in [0.3, 0.4) is 0 Å². The number of nitrogens with one attached hydrogen (secondary N) is 1. The van der Waals surface area contributed by atoms with E-state index in [9.17, 15) is 0 Å². The second-order valence-corrected chi connectivity index (χ2v) is 5.55. The highest BCUT2D eigenvalue weighted by atomic mass is 15.2. The molecule has 2 heteroatoms. The second-order valence-electron chi connectivity index (χ2n) is 5.55. The van der Waals surface area contributed by atoms with Crippen molar-refractivity contribution in [2.24, 2.45) is 5.41 Å². The van der Waals surface area contributed by atoms with Gasteiger partial charge in [-0.2, -0.15) is 0 Å². The van der Waals surface area contributed by atoms with E-state index in [0.29, 0.717) is 17.5 Å². The molecule has 15 heavy (non-hydrogen) atoms. The Morgan fingerprint density at radius 2 is 1.73 bits per heavy atom. The highest BCUT2D eigenvalue weighted by Crippen LogP contribution is 2.20. The third-order valence-corrected chi connectivity index (χ3v) is 3.43. The van der Waals surface area contributed by atoms with Gasteiger partial charge in [0.25, 0.3) is 0 Å². The maximum atomic E-state index is 3.44. The van der Waals surface area contributed by atoms with Crippen molar-refractivity contribution in [3.63, 3.8) is 0 Å². The molecule has 2 atom stereocenters. The predicted molar refractivity (Wildman–Crippen MR) is 69.3 cm³/mol. The molecule has 0 heterocycles. The topological polar surface area (TPSA) is 15.3 Å². The first kappa shape index (κ1) is 14.9. The summed E-state index contributed by atoms with van der Waals surface area (Å²) in [6.45, 7) is 16.0. The van der Waals surface area contributed by atoms with Crippen LogP contribution in [0, 0.1) is 5.41 Å². The average Bonchev–Trinajstić information content (AvgIpc) is 2.16. The summed E-state index contributed by atoms with van der Waals surface area (Å²) in [6, 6.07) is 1.25. The predicted octanol–water partition coefficient (Wildman–Crippen LogP) is 2.74. The van der Waals surface area contributed by atoms with Gasteiger partial charge in [0.05, 0.1) is 0 Å². The molecule has 0 spiro atoms. The summed E-state index contributed by atoms with van der Waals surface area (Å²) >= 11 is 0. The van der Waals surface area contributed by atoms with Gasteiger partial charge in [-0.15, -0.1) is 0 Å². The summed E-state index contributed by atoms with van der Waals surface area (Å²) in [6.07, 6.45) is 1.23. The Balaban J connectivity index is 4.37. The Hall–Kier alpha value is -0.0800. The normalized spacial score (nSPS) is 16.8. The molecular formula is C13H30N2. The van der Waals surface area contributed by atoms with Crippen LogP contribution >= 0.6 is 0 Å². The van der Waals surface area contributed by atoms with E-state index in [1.165, 1.54) is 6.42 Å². The van der Waals surface area contributed by atoms with Crippen molar-refractivity contribution in [1.82, 2.24) is 10.2 Å². The van der Waals surface area contributed by atoms with Crippen LogP contribution in [0.15, 0.2) is 0 Å². The summed E-state index contributed by atoms with van der Waals surface area (Å²) in [5, 5.41) is 3.44. The zero-order valence-corrected chi connectivity index (χ0v) is 11.7. The Bertz CT molecular complexity index is 160. The lowest BCUT2D eigenvalue weighted by atomic mass is 9.86. The number of likely N-dealkylation sites (N-methyl/N-ethyl adjacent to an activating group) is 2. The lowest BCUT2D eigenvalue weighted by molar-refractivity contribution is 0.147. The van der Waals surface area contributed by atoms with Crippen molar-refractivity contribution in [2.75, 3.05) is 20.1 Å². The Morgan fingerprint density at radius 3 is 2.00 bits per heavy atom. The molecule has 2 nitrogen and oxygen atoms in total. The molecule has 0 aromatic rings. The van der Waals surface area contributed by atoms with E-state index in [1.807, 2.05) is 0 Å². The molecule has 0 fully saturated rings. The summed E-state index contributed by atoms with van der Waals surface area (Å²) < 4.78 is 0. The summed E-state index contributed by atoms with van der Waals surface area (Å²) in [7, 11) is 2.07. The molecule has 0 saturated heterocycles. The Morgan fingerprint density at radius 1 is 1.20 bits per heavy atom. The summed E-state index contributed by atoms with van der Waals surface area (Å²) in [4.78, 5) is 2.56. The standard InChI is InChI=1S/C13H30N2/c1-8-11(3)15(9-2)10-12(14-7)13(4,5)6/h11-12,14H,8-10H2,1-7H3. The van der Waals surface area contributed by atoms with E-state index in [2.05, 4.69) is 58.8 Å². The number of nitrogens with zero attached hydrogens (tertiary/aromatic N) is 1. The monoisotopic (exact) mass is 214 g/mol. The largest absolute Gasteiger partial charge is 0.315 e. The SMILES string of the molecule is CCC(C)N(CC)CC(NC)C(C)(C)C. The fourth-order valence-electron chi connectivity index (χ4n) is 1.91. The molecule has 0 rings (SSSR count). The Labute approximate surface area is 96.4 Å². The van der Waals surface area contributed by atoms with Gasteiger partial charge in [-0.05, 0) is 32.4 Å². The number of rotatable bonds is 6. The van der Waals surface area contributed by atoms with Gasteiger partial charge >= 0.3 is 0 Å². The van der Waals surface area contributed by atoms with Gasteiger partial charge in [-0.3, -0.25) is 4.90 Å². The third-order valence-electron chi connectivity index (χ3n) is 3.43. The Kier molecular flexibility index (Phi) is 6.46. The smallest absolute Gasteiger partial charge is 0.0240 e. The van der Waals surface area contributed by atoms with Crippen LogP contribution in [0.25, 0.3) is 0 Å². The van der Waals surface area contributed by atoms with Crippen molar-refractivity contribution in [2.45, 2.75) is 60.0 Å². The van der Waals surface area contributed by atoms with Gasteiger partial charge < -0.3 is 5.32 Å². The minimum absolute atomic E-state index is 0.329. The fraction of sp³-hybridized carbons (Fsp3) is 1.00. The zero-order valence-electron chi connectivity index (χ0n) is 11.7. The molecule has 1 N–H and O–H groups in total. The van der Waals surface area contributed by atoms with Crippen LogP contribution in [-0.2, 0) is 0 Å². The number of hydrogen-bond donors (Lipinski definition) is 1. The molecule has 2 unspecified atom stereocenters. The fourth-order valence-corrected chi connectivity index (χ4v) is 1.91. The van der Waals surface area contributed by atoms with Gasteiger partial charge in [0.1, 0.15) is 0 Å². The van der Waals surface area contributed by atoms with Gasteiger partial charge in [0, 0.05) is 18.6 Å². The maximum absolute atomic E-state index is 3.44. The molecule has 0 aliphatic heterocycles. The molecule has 0 saturated carbocycles. The lowest BCUT2D eigenvalue weighted by Crippen LogP contribution is -2.49. The molecule has 92 valence electrons. The van der Waals surface area contributed by atoms with Gasteiger partial charge in [0.2, 0.25) is 0 Å². The van der Waals surface area contributed by atoms with E-state index in [4.69, 9.17) is 0 Å². The first-order chi connectivity index (χ1) is 6.86. The molecule has 0 radical (unpaired) electrons. The van der Waals surface area contributed by atoms with E-state index in [0.717, 1.165) is 13.1 Å². The maximum Gasteiger partial charge on any atom is 0.0240 e. The average molecular weight is 214 g/mol. The van der Waals surface area contributed by atoms with Crippen LogP contribution in [0.5, 0.6) is 0 Å². The van der Waals surface area contributed by atoms with Crippen LogP contribution < -0.4 is 5.32 Å². The third kappa shape index (κ3) is 4.98. The minimum Gasteiger partial charge on any atom is -0.315 e. The second kappa shape index (κ2) is 6.49. The quantitative estimate of drug-likeness (QED) is 0.731. The highest BCUT2D eigenvalue weighted by molar-refractivity contribution is 4.83. The van der Waals surface area contributed by atoms with Crippen molar-refractivity contribution in [1.29, 1.82) is 0 Å². The summed E-state index contributed by atoms with van der Waals surface area (Å²) in [5.74, 6) is 0. The number of hydrogen-bond acceptors (Lipinski definition) is 2.